The first kappa shape index (κ1) is 9.69. The first-order valence-corrected chi connectivity index (χ1v) is 3.38. The molecule has 0 aromatic carbocycles. The van der Waals surface area contributed by atoms with Gasteiger partial charge in [0.2, 0.25) is 5.91 Å². The fourth-order valence-corrected chi connectivity index (χ4v) is 0.501. The van der Waals surface area contributed by atoms with Crippen molar-refractivity contribution in [3.63, 3.8) is 0 Å². The van der Waals surface area contributed by atoms with Crippen LogP contribution in [0, 0.1) is 0 Å². The van der Waals surface area contributed by atoms with Gasteiger partial charge in [-0.15, -0.1) is 0 Å². The molecule has 0 aliphatic rings. The summed E-state index contributed by atoms with van der Waals surface area (Å²) in [5.41, 5.74) is 0.861. The number of rotatable bonds is 4. The van der Waals surface area contributed by atoms with Crippen LogP contribution in [0.2, 0.25) is 0 Å². The summed E-state index contributed by atoms with van der Waals surface area (Å²) in [6.45, 7) is 9.20. The number of carbonyl (C=O) groups is 1. The summed E-state index contributed by atoms with van der Waals surface area (Å²) in [6.07, 6.45) is 5.26. The zero-order valence-electron chi connectivity index (χ0n) is 6.76. The molecule has 0 rings (SSSR count). The maximum absolute atomic E-state index is 10.4. The number of amides is 1. The highest BCUT2D eigenvalue weighted by atomic mass is 16.1. The number of hydrogen-bond donors (Lipinski definition) is 1. The van der Waals surface area contributed by atoms with Crippen LogP contribution in [-0.4, -0.2) is 12.5 Å². The van der Waals surface area contributed by atoms with Gasteiger partial charge in [0.15, 0.2) is 0 Å². The highest BCUT2D eigenvalue weighted by molar-refractivity contribution is 5.73. The van der Waals surface area contributed by atoms with E-state index in [9.17, 15) is 4.79 Å². The van der Waals surface area contributed by atoms with E-state index >= 15 is 0 Å². The summed E-state index contributed by atoms with van der Waals surface area (Å²) in [7, 11) is 0. The van der Waals surface area contributed by atoms with Crippen LogP contribution >= 0.6 is 0 Å². The number of hydrogen-bond acceptors (Lipinski definition) is 1. The van der Waals surface area contributed by atoms with E-state index in [1.807, 2.05) is 6.08 Å². The Balaban J connectivity index is 3.61. The van der Waals surface area contributed by atoms with Crippen LogP contribution in [0.15, 0.2) is 37.0 Å². The van der Waals surface area contributed by atoms with Crippen molar-refractivity contribution in [3.8, 4) is 0 Å². The van der Waals surface area contributed by atoms with Crippen LogP contribution < -0.4 is 5.32 Å². The summed E-state index contributed by atoms with van der Waals surface area (Å²) in [5, 5.41) is 2.63. The van der Waals surface area contributed by atoms with Crippen LogP contribution in [0.3, 0.4) is 0 Å². The molecule has 60 valence electrons. The third-order valence-electron chi connectivity index (χ3n) is 1.03. The minimum atomic E-state index is -0.0434. The molecule has 0 aliphatic carbocycles. The zero-order chi connectivity index (χ0) is 8.69. The molecule has 0 saturated carbocycles. The second kappa shape index (κ2) is 5.47. The fraction of sp³-hybridized carbons (Fsp3) is 0.222. The van der Waals surface area contributed by atoms with Crippen molar-refractivity contribution in [2.24, 2.45) is 0 Å². The van der Waals surface area contributed by atoms with Gasteiger partial charge >= 0.3 is 0 Å². The predicted molar refractivity (Wildman–Crippen MR) is 47.2 cm³/mol. The van der Waals surface area contributed by atoms with Crippen molar-refractivity contribution >= 4 is 5.91 Å². The highest BCUT2D eigenvalue weighted by Gasteiger charge is 1.89. The van der Waals surface area contributed by atoms with Crippen molar-refractivity contribution < 1.29 is 4.79 Å². The van der Waals surface area contributed by atoms with Gasteiger partial charge in [0.25, 0.3) is 0 Å². The van der Waals surface area contributed by atoms with E-state index in [0.29, 0.717) is 6.54 Å². The zero-order valence-corrected chi connectivity index (χ0v) is 6.76. The van der Waals surface area contributed by atoms with Crippen LogP contribution in [-0.2, 0) is 4.79 Å². The third kappa shape index (κ3) is 6.58. The molecule has 2 nitrogen and oxygen atoms in total. The minimum absolute atomic E-state index is 0.0434. The molecule has 11 heavy (non-hydrogen) atoms. The van der Waals surface area contributed by atoms with Crippen LogP contribution in [0.25, 0.3) is 0 Å². The van der Waals surface area contributed by atoms with Crippen molar-refractivity contribution in [3.05, 3.63) is 37.0 Å². The number of nitrogens with one attached hydrogen (secondary N) is 1. The normalized spacial score (nSPS) is 9.55. The molecule has 0 atom stereocenters. The SMILES string of the molecule is C=C/C=C\C(=C)CNC(C)=O. The average molecular weight is 151 g/mol. The quantitative estimate of drug-likeness (QED) is 0.605. The Labute approximate surface area is 67.3 Å². The number of allylic oxidation sites excluding steroid dienone is 2. The van der Waals surface area contributed by atoms with E-state index in [-0.39, 0.29) is 5.91 Å². The lowest BCUT2D eigenvalue weighted by Crippen LogP contribution is -2.21. The molecule has 1 N–H and O–H groups in total. The standard InChI is InChI=1S/C9H13NO/c1-4-5-6-8(2)7-10-9(3)11/h4-6H,1-2,7H2,3H3,(H,10,11)/b6-5-. The molecule has 0 radical (unpaired) electrons. The van der Waals surface area contributed by atoms with Gasteiger partial charge in [0, 0.05) is 13.5 Å². The minimum Gasteiger partial charge on any atom is -0.352 e. The van der Waals surface area contributed by atoms with Gasteiger partial charge in [-0.2, -0.15) is 0 Å². The summed E-state index contributed by atoms with van der Waals surface area (Å²) in [4.78, 5) is 10.4. The molecular formula is C9H13NO. The molecule has 0 heterocycles. The van der Waals surface area contributed by atoms with Gasteiger partial charge in [0.05, 0.1) is 0 Å². The third-order valence-corrected chi connectivity index (χ3v) is 1.03. The van der Waals surface area contributed by atoms with Crippen molar-refractivity contribution in [1.29, 1.82) is 0 Å². The van der Waals surface area contributed by atoms with Gasteiger partial charge in [-0.05, 0) is 5.57 Å². The summed E-state index contributed by atoms with van der Waals surface area (Å²) < 4.78 is 0. The first-order valence-electron chi connectivity index (χ1n) is 3.38. The summed E-state index contributed by atoms with van der Waals surface area (Å²) >= 11 is 0. The lowest BCUT2D eigenvalue weighted by atomic mass is 10.3. The Hall–Kier alpha value is -1.31. The van der Waals surface area contributed by atoms with Crippen LogP contribution in [0.5, 0.6) is 0 Å². The lowest BCUT2D eigenvalue weighted by molar-refractivity contribution is -0.118. The van der Waals surface area contributed by atoms with Gasteiger partial charge in [-0.1, -0.05) is 31.4 Å². The molecule has 0 aromatic heterocycles. The van der Waals surface area contributed by atoms with E-state index in [1.54, 1.807) is 12.2 Å². The predicted octanol–water partition coefficient (Wildman–Crippen LogP) is 1.42. The Kier molecular flexibility index (Phi) is 4.82. The van der Waals surface area contributed by atoms with E-state index < -0.39 is 0 Å². The molecule has 0 unspecified atom stereocenters. The van der Waals surface area contributed by atoms with Gasteiger partial charge in [-0.3, -0.25) is 4.79 Å². The van der Waals surface area contributed by atoms with Crippen molar-refractivity contribution in [2.45, 2.75) is 6.92 Å². The largest absolute Gasteiger partial charge is 0.352 e. The summed E-state index contributed by atoms with van der Waals surface area (Å²) in [5.74, 6) is -0.0434. The van der Waals surface area contributed by atoms with Crippen molar-refractivity contribution in [1.82, 2.24) is 5.32 Å². The molecule has 2 heteroatoms. The Bertz CT molecular complexity index is 192. The smallest absolute Gasteiger partial charge is 0.217 e. The van der Waals surface area contributed by atoms with Gasteiger partial charge < -0.3 is 5.32 Å². The molecule has 0 spiro atoms. The van der Waals surface area contributed by atoms with E-state index in [0.717, 1.165) is 5.57 Å². The molecular weight excluding hydrogens is 138 g/mol. The van der Waals surface area contributed by atoms with E-state index in [2.05, 4.69) is 18.5 Å². The average Bonchev–Trinajstić information content (AvgIpc) is 1.97. The maximum Gasteiger partial charge on any atom is 0.217 e. The molecule has 0 fully saturated rings. The Morgan fingerprint density at radius 1 is 1.64 bits per heavy atom. The lowest BCUT2D eigenvalue weighted by Gasteiger charge is -1.99. The topological polar surface area (TPSA) is 29.1 Å². The van der Waals surface area contributed by atoms with Crippen LogP contribution in [0.4, 0.5) is 0 Å². The second-order valence-electron chi connectivity index (χ2n) is 2.16. The van der Waals surface area contributed by atoms with Crippen molar-refractivity contribution in [2.75, 3.05) is 6.54 Å². The Morgan fingerprint density at radius 2 is 2.27 bits per heavy atom. The first-order chi connectivity index (χ1) is 5.16. The van der Waals surface area contributed by atoms with Gasteiger partial charge in [-0.25, -0.2) is 0 Å². The fourth-order valence-electron chi connectivity index (χ4n) is 0.501. The molecule has 0 bridgehead atoms. The highest BCUT2D eigenvalue weighted by Crippen LogP contribution is 1.89. The number of carbonyl (C=O) groups excluding carboxylic acids is 1. The molecule has 0 aliphatic heterocycles. The van der Waals surface area contributed by atoms with E-state index in [1.165, 1.54) is 6.92 Å². The van der Waals surface area contributed by atoms with E-state index in [4.69, 9.17) is 0 Å². The monoisotopic (exact) mass is 151 g/mol. The maximum atomic E-state index is 10.4. The van der Waals surface area contributed by atoms with Gasteiger partial charge in [0.1, 0.15) is 0 Å². The molecule has 1 amide bonds. The molecule has 0 saturated heterocycles. The Morgan fingerprint density at radius 3 is 2.73 bits per heavy atom. The van der Waals surface area contributed by atoms with Crippen LogP contribution in [0.1, 0.15) is 6.92 Å². The summed E-state index contributed by atoms with van der Waals surface area (Å²) in [6, 6.07) is 0. The molecule has 0 aromatic rings. The second-order valence-corrected chi connectivity index (χ2v) is 2.16.